The molecule has 0 aliphatic rings. The Hall–Kier alpha value is -1.43. The Kier molecular flexibility index (Phi) is 2.68. The maximum Gasteiger partial charge on any atom is 0.172 e. The third-order valence-corrected chi connectivity index (χ3v) is 2.29. The summed E-state index contributed by atoms with van der Waals surface area (Å²) in [5.74, 6) is -0.0371. The highest BCUT2D eigenvalue weighted by molar-refractivity contribution is 9.10. The normalized spacial score (nSPS) is 10.5. The van der Waals surface area contributed by atoms with Crippen LogP contribution < -0.4 is 0 Å². The van der Waals surface area contributed by atoms with Gasteiger partial charge in [-0.2, -0.15) is 15.0 Å². The molecule has 5 nitrogen and oxygen atoms in total. The summed E-state index contributed by atoms with van der Waals surface area (Å²) in [6.07, 6.45) is 3.23. The van der Waals surface area contributed by atoms with Crippen molar-refractivity contribution in [1.82, 2.24) is 15.0 Å². The van der Waals surface area contributed by atoms with Crippen molar-refractivity contribution in [3.63, 3.8) is 0 Å². The highest BCUT2D eigenvalue weighted by atomic mass is 79.9. The average Bonchev–Trinajstić information content (AvgIpc) is 2.75. The molecule has 78 valence electrons. The van der Waals surface area contributed by atoms with Gasteiger partial charge in [-0.3, -0.25) is 4.79 Å². The number of aryl methyl sites for hydroxylation is 1. The first-order chi connectivity index (χ1) is 7.15. The van der Waals surface area contributed by atoms with E-state index in [1.165, 1.54) is 11.1 Å². The minimum atomic E-state index is -0.0371. The molecule has 2 heterocycles. The summed E-state index contributed by atoms with van der Waals surface area (Å²) < 4.78 is 5.53. The molecule has 0 saturated heterocycles. The highest BCUT2D eigenvalue weighted by Gasteiger charge is 2.11. The van der Waals surface area contributed by atoms with Gasteiger partial charge < -0.3 is 4.42 Å². The number of furan rings is 1. The van der Waals surface area contributed by atoms with Crippen LogP contribution in [0.3, 0.4) is 0 Å². The lowest BCUT2D eigenvalue weighted by Crippen LogP contribution is -2.03. The predicted octanol–water partition coefficient (Wildman–Crippen LogP) is 1.60. The number of ketones is 1. The van der Waals surface area contributed by atoms with Crippen molar-refractivity contribution in [3.8, 4) is 0 Å². The number of hydrogen-bond acceptors (Lipinski definition) is 4. The van der Waals surface area contributed by atoms with E-state index in [9.17, 15) is 4.79 Å². The number of aromatic nitrogens is 3. The van der Waals surface area contributed by atoms with Crippen LogP contribution >= 0.6 is 15.9 Å². The fraction of sp³-hybridized carbons (Fsp3) is 0.222. The summed E-state index contributed by atoms with van der Waals surface area (Å²) in [4.78, 5) is 13.1. The lowest BCUT2D eigenvalue weighted by atomic mass is 10.1. The zero-order chi connectivity index (χ0) is 10.8. The number of carbonyl (C=O) groups is 1. The zero-order valence-corrected chi connectivity index (χ0v) is 9.56. The summed E-state index contributed by atoms with van der Waals surface area (Å²) >= 11 is 3.14. The van der Waals surface area contributed by atoms with Gasteiger partial charge in [0, 0.05) is 13.1 Å². The zero-order valence-electron chi connectivity index (χ0n) is 7.98. The molecule has 2 rings (SSSR count). The molecule has 0 bridgehead atoms. The first-order valence-corrected chi connectivity index (χ1v) is 5.07. The van der Waals surface area contributed by atoms with Gasteiger partial charge in [-0.15, -0.1) is 0 Å². The van der Waals surface area contributed by atoms with E-state index < -0.39 is 0 Å². The van der Waals surface area contributed by atoms with Crippen molar-refractivity contribution in [2.45, 2.75) is 6.42 Å². The molecule has 2 aromatic heterocycles. The van der Waals surface area contributed by atoms with Gasteiger partial charge in [-0.1, -0.05) is 0 Å². The summed E-state index contributed by atoms with van der Waals surface area (Å²) in [6, 6.07) is 1.64. The Bertz CT molecular complexity index is 489. The predicted molar refractivity (Wildman–Crippen MR) is 55.4 cm³/mol. The first-order valence-electron chi connectivity index (χ1n) is 4.27. The Balaban J connectivity index is 2.10. The molecule has 0 aliphatic heterocycles. The van der Waals surface area contributed by atoms with E-state index in [2.05, 4.69) is 26.1 Å². The van der Waals surface area contributed by atoms with E-state index in [0.29, 0.717) is 15.9 Å². The summed E-state index contributed by atoms with van der Waals surface area (Å²) in [6.45, 7) is 0. The van der Waals surface area contributed by atoms with E-state index in [1.54, 1.807) is 19.3 Å². The van der Waals surface area contributed by atoms with Gasteiger partial charge in [0.2, 0.25) is 0 Å². The number of nitrogens with zero attached hydrogens (tertiary/aromatic N) is 3. The number of hydrogen-bond donors (Lipinski definition) is 0. The number of rotatable bonds is 3. The van der Waals surface area contributed by atoms with Gasteiger partial charge in [0.25, 0.3) is 0 Å². The topological polar surface area (TPSA) is 60.9 Å². The molecular formula is C9H8BrN3O2. The lowest BCUT2D eigenvalue weighted by Gasteiger charge is -1.91. The van der Waals surface area contributed by atoms with Gasteiger partial charge in [0.1, 0.15) is 6.26 Å². The molecule has 0 saturated carbocycles. The van der Waals surface area contributed by atoms with Gasteiger partial charge in [-0.05, 0) is 15.9 Å². The molecule has 0 aliphatic carbocycles. The van der Waals surface area contributed by atoms with Crippen molar-refractivity contribution in [2.24, 2.45) is 7.05 Å². The molecule has 0 fully saturated rings. The number of carbonyl (C=O) groups excluding carboxylic acids is 1. The second-order valence-electron chi connectivity index (χ2n) is 3.06. The minimum Gasteiger partial charge on any atom is -0.457 e. The van der Waals surface area contributed by atoms with Crippen LogP contribution in [0, 0.1) is 0 Å². The van der Waals surface area contributed by atoms with Crippen molar-refractivity contribution in [3.05, 3.63) is 34.5 Å². The standard InChI is InChI=1S/C9H8BrN3O2/c1-13-11-4-7(12-13)3-8(14)6-2-9(10)15-5-6/h2,4-5H,3H2,1H3. The fourth-order valence-corrected chi connectivity index (χ4v) is 1.53. The van der Waals surface area contributed by atoms with Crippen LogP contribution in [-0.2, 0) is 13.5 Å². The van der Waals surface area contributed by atoms with Gasteiger partial charge in [0.15, 0.2) is 10.5 Å². The maximum atomic E-state index is 11.7. The second-order valence-corrected chi connectivity index (χ2v) is 3.85. The lowest BCUT2D eigenvalue weighted by molar-refractivity contribution is 0.0991. The molecule has 0 amide bonds. The molecular weight excluding hydrogens is 262 g/mol. The third kappa shape index (κ3) is 2.33. The van der Waals surface area contributed by atoms with Crippen LogP contribution in [0.2, 0.25) is 0 Å². The Morgan fingerprint density at radius 1 is 1.67 bits per heavy atom. The number of halogens is 1. The molecule has 0 aromatic carbocycles. The molecule has 0 atom stereocenters. The van der Waals surface area contributed by atoms with E-state index in [4.69, 9.17) is 4.42 Å². The van der Waals surface area contributed by atoms with Crippen LogP contribution in [0.15, 0.2) is 27.6 Å². The van der Waals surface area contributed by atoms with Crippen LogP contribution in [0.25, 0.3) is 0 Å². The van der Waals surface area contributed by atoms with Gasteiger partial charge in [0.05, 0.1) is 23.9 Å². The first kappa shape index (κ1) is 10.1. The molecule has 0 N–H and O–H groups in total. The maximum absolute atomic E-state index is 11.7. The van der Waals surface area contributed by atoms with Gasteiger partial charge in [-0.25, -0.2) is 0 Å². The molecule has 6 heteroatoms. The molecule has 0 radical (unpaired) electrons. The van der Waals surface area contributed by atoms with Crippen LogP contribution in [-0.4, -0.2) is 20.8 Å². The van der Waals surface area contributed by atoms with Crippen LogP contribution in [0.1, 0.15) is 16.1 Å². The third-order valence-electron chi connectivity index (χ3n) is 1.88. The van der Waals surface area contributed by atoms with Crippen molar-refractivity contribution in [2.75, 3.05) is 0 Å². The summed E-state index contributed by atoms with van der Waals surface area (Å²) in [5.41, 5.74) is 1.19. The summed E-state index contributed by atoms with van der Waals surface area (Å²) in [5, 5.41) is 7.91. The molecule has 15 heavy (non-hydrogen) atoms. The van der Waals surface area contributed by atoms with E-state index in [1.807, 2.05) is 0 Å². The highest BCUT2D eigenvalue weighted by Crippen LogP contribution is 2.15. The molecule has 0 unspecified atom stereocenters. The van der Waals surface area contributed by atoms with Crippen molar-refractivity contribution >= 4 is 21.7 Å². The van der Waals surface area contributed by atoms with Gasteiger partial charge >= 0.3 is 0 Å². The van der Waals surface area contributed by atoms with E-state index >= 15 is 0 Å². The molecule has 2 aromatic rings. The Morgan fingerprint density at radius 2 is 2.47 bits per heavy atom. The fourth-order valence-electron chi connectivity index (χ4n) is 1.19. The Morgan fingerprint density at radius 3 is 3.00 bits per heavy atom. The quantitative estimate of drug-likeness (QED) is 0.795. The SMILES string of the molecule is Cn1ncc(CC(=O)c2coc(Br)c2)n1. The largest absolute Gasteiger partial charge is 0.457 e. The average molecular weight is 270 g/mol. The second kappa shape index (κ2) is 3.98. The minimum absolute atomic E-state index is 0.0371. The van der Waals surface area contributed by atoms with Crippen LogP contribution in [0.5, 0.6) is 0 Å². The van der Waals surface area contributed by atoms with E-state index in [0.717, 1.165) is 0 Å². The van der Waals surface area contributed by atoms with E-state index in [-0.39, 0.29) is 12.2 Å². The number of Topliss-reactive ketones (excluding diaryl/α,β-unsaturated/α-hetero) is 1. The monoisotopic (exact) mass is 269 g/mol. The summed E-state index contributed by atoms with van der Waals surface area (Å²) in [7, 11) is 1.71. The van der Waals surface area contributed by atoms with Crippen molar-refractivity contribution in [1.29, 1.82) is 0 Å². The molecule has 0 spiro atoms. The smallest absolute Gasteiger partial charge is 0.172 e. The Labute approximate surface area is 94.2 Å². The van der Waals surface area contributed by atoms with Crippen molar-refractivity contribution < 1.29 is 9.21 Å². The van der Waals surface area contributed by atoms with Crippen LogP contribution in [0.4, 0.5) is 0 Å².